The van der Waals surface area contributed by atoms with Crippen molar-refractivity contribution in [3.63, 3.8) is 0 Å². The van der Waals surface area contributed by atoms with Crippen LogP contribution in [0.4, 0.5) is 0 Å². The maximum Gasteiger partial charge on any atom is 0.195 e. The first kappa shape index (κ1) is 11.0. The first-order valence-electron chi connectivity index (χ1n) is 5.61. The van der Waals surface area contributed by atoms with Gasteiger partial charge in [-0.05, 0) is 37.4 Å². The molecule has 0 atom stereocenters. The Morgan fingerprint density at radius 1 is 1.41 bits per heavy atom. The lowest BCUT2D eigenvalue weighted by molar-refractivity contribution is 0.734. The minimum atomic E-state index is 0.547. The molecule has 1 aliphatic rings. The van der Waals surface area contributed by atoms with Crippen molar-refractivity contribution in [2.75, 3.05) is 6.26 Å². The third kappa shape index (κ3) is 1.93. The van der Waals surface area contributed by atoms with E-state index in [0.717, 1.165) is 10.6 Å². The Morgan fingerprint density at radius 2 is 2.18 bits per heavy atom. The van der Waals surface area contributed by atoms with Gasteiger partial charge in [-0.2, -0.15) is 5.10 Å². The van der Waals surface area contributed by atoms with Crippen LogP contribution in [0.25, 0.3) is 11.4 Å². The van der Waals surface area contributed by atoms with Gasteiger partial charge >= 0.3 is 0 Å². The molecule has 1 saturated carbocycles. The SMILES string of the molecule is CSc1ccccc1-c1n[nH]c(=S)n1C1CC1. The maximum absolute atomic E-state index is 5.31. The van der Waals surface area contributed by atoms with Crippen molar-refractivity contribution in [3.8, 4) is 11.4 Å². The number of nitrogens with one attached hydrogen (secondary N) is 1. The molecule has 0 saturated heterocycles. The van der Waals surface area contributed by atoms with Crippen LogP contribution in [0.1, 0.15) is 18.9 Å². The summed E-state index contributed by atoms with van der Waals surface area (Å²) in [7, 11) is 0. The molecule has 0 amide bonds. The Bertz CT molecular complexity index is 596. The van der Waals surface area contributed by atoms with Gasteiger partial charge in [-0.1, -0.05) is 18.2 Å². The van der Waals surface area contributed by atoms with Crippen molar-refractivity contribution in [3.05, 3.63) is 29.0 Å². The lowest BCUT2D eigenvalue weighted by Crippen LogP contribution is -1.98. The average molecular weight is 263 g/mol. The third-order valence-corrected chi connectivity index (χ3v) is 4.05. The van der Waals surface area contributed by atoms with Crippen LogP contribution in [0.2, 0.25) is 0 Å². The number of hydrogen-bond acceptors (Lipinski definition) is 3. The smallest absolute Gasteiger partial charge is 0.195 e. The molecule has 5 heteroatoms. The highest BCUT2D eigenvalue weighted by molar-refractivity contribution is 7.98. The van der Waals surface area contributed by atoms with Crippen LogP contribution < -0.4 is 0 Å². The van der Waals surface area contributed by atoms with Crippen molar-refractivity contribution in [2.45, 2.75) is 23.8 Å². The zero-order chi connectivity index (χ0) is 11.8. The van der Waals surface area contributed by atoms with Gasteiger partial charge in [0.1, 0.15) is 0 Å². The molecule has 0 radical (unpaired) electrons. The van der Waals surface area contributed by atoms with Crippen LogP contribution in [-0.4, -0.2) is 21.0 Å². The lowest BCUT2D eigenvalue weighted by atomic mass is 10.2. The minimum absolute atomic E-state index is 0.547. The number of nitrogens with zero attached hydrogens (tertiary/aromatic N) is 2. The zero-order valence-electron chi connectivity index (χ0n) is 9.51. The molecular formula is C12H13N3S2. The quantitative estimate of drug-likeness (QED) is 0.677. The molecule has 3 rings (SSSR count). The molecule has 1 aromatic heterocycles. The van der Waals surface area contributed by atoms with Gasteiger partial charge in [-0.25, -0.2) is 0 Å². The summed E-state index contributed by atoms with van der Waals surface area (Å²) < 4.78 is 2.89. The second-order valence-electron chi connectivity index (χ2n) is 4.15. The molecule has 0 spiro atoms. The van der Waals surface area contributed by atoms with Gasteiger partial charge in [0.05, 0.1) is 0 Å². The topological polar surface area (TPSA) is 33.6 Å². The number of aromatic nitrogens is 3. The van der Waals surface area contributed by atoms with E-state index in [0.29, 0.717) is 6.04 Å². The van der Waals surface area contributed by atoms with Gasteiger partial charge in [0, 0.05) is 16.5 Å². The molecule has 1 heterocycles. The number of H-pyrrole nitrogens is 1. The lowest BCUT2D eigenvalue weighted by Gasteiger charge is -2.08. The predicted octanol–water partition coefficient (Wildman–Crippen LogP) is 3.66. The van der Waals surface area contributed by atoms with E-state index in [1.165, 1.54) is 23.3 Å². The number of thioether (sulfide) groups is 1. The molecule has 1 fully saturated rings. The molecule has 1 aliphatic carbocycles. The minimum Gasteiger partial charge on any atom is -0.297 e. The fourth-order valence-corrected chi connectivity index (χ4v) is 2.87. The summed E-state index contributed by atoms with van der Waals surface area (Å²) in [5.41, 5.74) is 1.17. The first-order valence-corrected chi connectivity index (χ1v) is 7.25. The monoisotopic (exact) mass is 263 g/mol. The maximum atomic E-state index is 5.31. The van der Waals surface area contributed by atoms with Crippen molar-refractivity contribution in [2.24, 2.45) is 0 Å². The van der Waals surface area contributed by atoms with E-state index in [1.807, 2.05) is 6.07 Å². The Balaban J connectivity index is 2.18. The van der Waals surface area contributed by atoms with Gasteiger partial charge in [-0.3, -0.25) is 9.67 Å². The summed E-state index contributed by atoms with van der Waals surface area (Å²) in [6.07, 6.45) is 4.51. The fourth-order valence-electron chi connectivity index (χ4n) is 2.00. The Hall–Kier alpha value is -1.07. The second kappa shape index (κ2) is 4.31. The number of aromatic amines is 1. The second-order valence-corrected chi connectivity index (χ2v) is 5.39. The van der Waals surface area contributed by atoms with E-state index in [9.17, 15) is 0 Å². The highest BCUT2D eigenvalue weighted by Gasteiger charge is 2.28. The summed E-state index contributed by atoms with van der Waals surface area (Å²) in [4.78, 5) is 1.24. The molecule has 1 N–H and O–H groups in total. The van der Waals surface area contributed by atoms with Gasteiger partial charge in [0.25, 0.3) is 0 Å². The number of rotatable bonds is 3. The average Bonchev–Trinajstić information content (AvgIpc) is 3.12. The summed E-state index contributed by atoms with van der Waals surface area (Å²) in [5.74, 6) is 0.974. The molecule has 3 nitrogen and oxygen atoms in total. The third-order valence-electron chi connectivity index (χ3n) is 2.96. The molecular weight excluding hydrogens is 250 g/mol. The Kier molecular flexibility index (Phi) is 2.80. The normalized spacial score (nSPS) is 15.1. The fraction of sp³-hybridized carbons (Fsp3) is 0.333. The van der Waals surface area contributed by atoms with E-state index < -0.39 is 0 Å². The van der Waals surface area contributed by atoms with E-state index >= 15 is 0 Å². The largest absolute Gasteiger partial charge is 0.297 e. The summed E-state index contributed by atoms with van der Waals surface area (Å²) in [6.45, 7) is 0. The summed E-state index contributed by atoms with van der Waals surface area (Å²) in [6, 6.07) is 8.87. The zero-order valence-corrected chi connectivity index (χ0v) is 11.1. The highest BCUT2D eigenvalue weighted by atomic mass is 32.2. The molecule has 88 valence electrons. The Labute approximate surface area is 109 Å². The van der Waals surface area contributed by atoms with Crippen LogP contribution in [0.3, 0.4) is 0 Å². The molecule has 0 bridgehead atoms. The van der Waals surface area contributed by atoms with E-state index in [4.69, 9.17) is 12.2 Å². The van der Waals surface area contributed by atoms with Gasteiger partial charge in [0.2, 0.25) is 0 Å². The van der Waals surface area contributed by atoms with Crippen molar-refractivity contribution in [1.82, 2.24) is 14.8 Å². The van der Waals surface area contributed by atoms with Crippen LogP contribution in [0.5, 0.6) is 0 Å². The van der Waals surface area contributed by atoms with Crippen molar-refractivity contribution < 1.29 is 0 Å². The van der Waals surface area contributed by atoms with Crippen LogP contribution in [0.15, 0.2) is 29.2 Å². The van der Waals surface area contributed by atoms with Crippen molar-refractivity contribution >= 4 is 24.0 Å². The molecule has 0 unspecified atom stereocenters. The summed E-state index contributed by atoms with van der Waals surface area (Å²) >= 11 is 7.05. The van der Waals surface area contributed by atoms with Gasteiger partial charge in [0.15, 0.2) is 10.6 Å². The van der Waals surface area contributed by atoms with Crippen LogP contribution in [0, 0.1) is 4.77 Å². The van der Waals surface area contributed by atoms with Gasteiger partial charge < -0.3 is 0 Å². The van der Waals surface area contributed by atoms with Crippen LogP contribution in [-0.2, 0) is 0 Å². The summed E-state index contributed by atoms with van der Waals surface area (Å²) in [5, 5.41) is 7.30. The standard InChI is InChI=1S/C12H13N3S2/c1-17-10-5-3-2-4-9(10)11-13-14-12(16)15(11)8-6-7-8/h2-5,8H,6-7H2,1H3,(H,14,16). The molecule has 1 aromatic carbocycles. The van der Waals surface area contributed by atoms with Crippen molar-refractivity contribution in [1.29, 1.82) is 0 Å². The molecule has 17 heavy (non-hydrogen) atoms. The van der Waals surface area contributed by atoms with E-state index in [2.05, 4.69) is 39.2 Å². The van der Waals surface area contributed by atoms with Crippen LogP contribution >= 0.6 is 24.0 Å². The predicted molar refractivity (Wildman–Crippen MR) is 72.9 cm³/mol. The van der Waals surface area contributed by atoms with Gasteiger partial charge in [-0.15, -0.1) is 11.8 Å². The Morgan fingerprint density at radius 3 is 2.88 bits per heavy atom. The number of benzene rings is 1. The van der Waals surface area contributed by atoms with E-state index in [-0.39, 0.29) is 0 Å². The first-order chi connectivity index (χ1) is 8.31. The van der Waals surface area contributed by atoms with E-state index in [1.54, 1.807) is 11.8 Å². The highest BCUT2D eigenvalue weighted by Crippen LogP contribution is 2.39. The number of hydrogen-bond donors (Lipinski definition) is 1. The molecule has 2 aromatic rings. The molecule has 0 aliphatic heterocycles.